The summed E-state index contributed by atoms with van der Waals surface area (Å²) in [6, 6.07) is 8.07. The average molecular weight is 364 g/mol. The first-order valence-electron chi connectivity index (χ1n) is 9.38. The van der Waals surface area contributed by atoms with Crippen molar-refractivity contribution in [3.8, 4) is 11.5 Å². The van der Waals surface area contributed by atoms with Gasteiger partial charge in [0.05, 0.1) is 12.2 Å². The van der Waals surface area contributed by atoms with Crippen LogP contribution in [0.5, 0.6) is 11.5 Å². The van der Waals surface area contributed by atoms with Gasteiger partial charge in [-0.2, -0.15) is 0 Å². The number of fused-ring (bicyclic) bond motifs is 2. The Morgan fingerprint density at radius 2 is 2.15 bits per heavy atom. The number of para-hydroxylation sites is 1. The van der Waals surface area contributed by atoms with Crippen molar-refractivity contribution in [2.75, 3.05) is 19.8 Å². The van der Waals surface area contributed by atoms with Crippen molar-refractivity contribution in [2.45, 2.75) is 26.3 Å². The number of unbranched alkanes of at least 4 members (excludes halogenated alkanes) is 1. The third-order valence-electron chi connectivity index (χ3n) is 4.64. The Bertz CT molecular complexity index is 936. The average Bonchev–Trinajstić information content (AvgIpc) is 3.01. The molecule has 0 saturated heterocycles. The third kappa shape index (κ3) is 3.57. The lowest BCUT2D eigenvalue weighted by Gasteiger charge is -2.22. The van der Waals surface area contributed by atoms with Gasteiger partial charge in [0, 0.05) is 23.9 Å². The number of nitrogens with one attached hydrogen (secondary N) is 1. The zero-order valence-electron chi connectivity index (χ0n) is 15.5. The summed E-state index contributed by atoms with van der Waals surface area (Å²) in [5.74, 6) is 2.79. The minimum Gasteiger partial charge on any atom is -0.486 e. The fraction of sp³-hybridized carbons (Fsp3) is 0.333. The molecule has 0 aliphatic carbocycles. The van der Waals surface area contributed by atoms with Crippen molar-refractivity contribution < 1.29 is 9.47 Å². The smallest absolute Gasteiger partial charge is 0.170 e. The lowest BCUT2D eigenvalue weighted by Crippen LogP contribution is -2.29. The first-order valence-corrected chi connectivity index (χ1v) is 9.38. The Labute approximate surface area is 159 Å². The van der Waals surface area contributed by atoms with E-state index >= 15 is 0 Å². The molecule has 6 nitrogen and oxygen atoms in total. The summed E-state index contributed by atoms with van der Waals surface area (Å²) in [7, 11) is 0. The largest absolute Gasteiger partial charge is 0.486 e. The standard InChI is InChI=1S/C21H24N4O2/c1-2-3-10-23-21-19-15(7-8-18(22)24-21)9-11-25(19)14-16-5-4-6-17-20(16)27-13-12-26-17/h4-7,9,11H,2-3,10,12-14,22H2,1H3,(H,23,24). The molecule has 6 heteroatoms. The summed E-state index contributed by atoms with van der Waals surface area (Å²) in [4.78, 5) is 4.53. The molecule has 0 fully saturated rings. The molecule has 0 atom stereocenters. The van der Waals surface area contributed by atoms with Gasteiger partial charge in [-0.1, -0.05) is 31.2 Å². The second kappa shape index (κ2) is 7.64. The number of rotatable bonds is 5. The van der Waals surface area contributed by atoms with E-state index in [-0.39, 0.29) is 0 Å². The van der Waals surface area contributed by atoms with Gasteiger partial charge < -0.3 is 25.1 Å². The van der Waals surface area contributed by atoms with E-state index in [0.717, 1.165) is 53.5 Å². The van der Waals surface area contributed by atoms with Crippen LogP contribution < -0.4 is 20.5 Å². The number of aliphatic imine (C=N–C) groups is 1. The van der Waals surface area contributed by atoms with Crippen LogP contribution in [0, 0.1) is 0 Å². The summed E-state index contributed by atoms with van der Waals surface area (Å²) in [5, 5.41) is 3.44. The van der Waals surface area contributed by atoms with Gasteiger partial charge in [0.1, 0.15) is 13.2 Å². The Hall–Kier alpha value is -3.11. The molecule has 0 saturated carbocycles. The summed E-state index contributed by atoms with van der Waals surface area (Å²) in [6.07, 6.45) is 6.14. The number of benzene rings is 1. The highest BCUT2D eigenvalue weighted by atomic mass is 16.6. The van der Waals surface area contributed by atoms with Crippen molar-refractivity contribution in [3.05, 3.63) is 58.8 Å². The molecule has 0 unspecified atom stereocenters. The first kappa shape index (κ1) is 17.3. The molecule has 0 spiro atoms. The van der Waals surface area contributed by atoms with Crippen LogP contribution in [-0.2, 0) is 6.54 Å². The van der Waals surface area contributed by atoms with Crippen LogP contribution in [0.2, 0.25) is 0 Å². The fourth-order valence-corrected chi connectivity index (χ4v) is 3.32. The van der Waals surface area contributed by atoms with Crippen LogP contribution in [-0.4, -0.2) is 30.2 Å². The quantitative estimate of drug-likeness (QED) is 0.632. The Balaban J connectivity index is 1.68. The van der Waals surface area contributed by atoms with Gasteiger partial charge >= 0.3 is 0 Å². The number of aromatic nitrogens is 1. The van der Waals surface area contributed by atoms with E-state index in [1.165, 1.54) is 0 Å². The molecule has 2 aliphatic heterocycles. The van der Waals surface area contributed by atoms with Crippen molar-refractivity contribution >= 4 is 11.9 Å². The van der Waals surface area contributed by atoms with E-state index < -0.39 is 0 Å². The molecule has 0 amide bonds. The lowest BCUT2D eigenvalue weighted by atomic mass is 10.1. The minimum atomic E-state index is 0.380. The third-order valence-corrected chi connectivity index (χ3v) is 4.64. The van der Waals surface area contributed by atoms with E-state index in [9.17, 15) is 0 Å². The summed E-state index contributed by atoms with van der Waals surface area (Å²) >= 11 is 0. The lowest BCUT2D eigenvalue weighted by molar-refractivity contribution is 0.169. The topological polar surface area (TPSA) is 73.8 Å². The Morgan fingerprint density at radius 3 is 3.04 bits per heavy atom. The molecular formula is C21H24N4O2. The van der Waals surface area contributed by atoms with Gasteiger partial charge in [-0.25, -0.2) is 4.99 Å². The molecule has 140 valence electrons. The van der Waals surface area contributed by atoms with Crippen LogP contribution in [0.3, 0.4) is 0 Å². The molecule has 4 rings (SSSR count). The monoisotopic (exact) mass is 364 g/mol. The van der Waals surface area contributed by atoms with Gasteiger partial charge in [-0.05, 0) is 24.6 Å². The normalized spacial score (nSPS) is 14.9. The number of ether oxygens (including phenoxy) is 2. The highest BCUT2D eigenvalue weighted by molar-refractivity contribution is 6.01. The van der Waals surface area contributed by atoms with Gasteiger partial charge in [0.25, 0.3) is 0 Å². The van der Waals surface area contributed by atoms with Crippen LogP contribution in [0.1, 0.15) is 36.6 Å². The first-order chi connectivity index (χ1) is 13.3. The van der Waals surface area contributed by atoms with Gasteiger partial charge in [-0.3, -0.25) is 0 Å². The number of hydrogen-bond acceptors (Lipinski definition) is 5. The molecule has 2 aromatic rings. The SMILES string of the molecule is CCCCNC1=NC(N)=C=Cc2ccn(Cc3cccc4c3OCCO4)c21. The maximum absolute atomic E-state index is 5.96. The maximum Gasteiger partial charge on any atom is 0.170 e. The van der Waals surface area contributed by atoms with E-state index in [2.05, 4.69) is 45.9 Å². The summed E-state index contributed by atoms with van der Waals surface area (Å²) in [5.41, 5.74) is 12.1. The van der Waals surface area contributed by atoms with E-state index in [0.29, 0.717) is 25.6 Å². The molecule has 0 radical (unpaired) electrons. The van der Waals surface area contributed by atoms with Crippen LogP contribution in [0.15, 0.2) is 47.0 Å². The van der Waals surface area contributed by atoms with E-state index in [1.807, 2.05) is 18.2 Å². The number of amidine groups is 1. The zero-order chi connectivity index (χ0) is 18.6. The molecule has 1 aromatic carbocycles. The molecule has 1 aromatic heterocycles. The number of nitrogens with two attached hydrogens (primary N) is 1. The van der Waals surface area contributed by atoms with Crippen molar-refractivity contribution in [2.24, 2.45) is 10.7 Å². The Morgan fingerprint density at radius 1 is 1.26 bits per heavy atom. The maximum atomic E-state index is 5.96. The molecule has 3 N–H and O–H groups in total. The van der Waals surface area contributed by atoms with Crippen molar-refractivity contribution in [1.82, 2.24) is 9.88 Å². The molecule has 3 heterocycles. The second-order valence-corrected chi connectivity index (χ2v) is 6.60. The van der Waals surface area contributed by atoms with E-state index in [1.54, 1.807) is 0 Å². The highest BCUT2D eigenvalue weighted by Gasteiger charge is 2.20. The highest BCUT2D eigenvalue weighted by Crippen LogP contribution is 2.34. The molecule has 27 heavy (non-hydrogen) atoms. The molecule has 2 aliphatic rings. The predicted octanol–water partition coefficient (Wildman–Crippen LogP) is 2.87. The van der Waals surface area contributed by atoms with Gasteiger partial charge in [0.15, 0.2) is 23.2 Å². The summed E-state index contributed by atoms with van der Waals surface area (Å²) in [6.45, 7) is 4.84. The van der Waals surface area contributed by atoms with Crippen molar-refractivity contribution in [1.29, 1.82) is 0 Å². The number of hydrogen-bond donors (Lipinski definition) is 2. The summed E-state index contributed by atoms with van der Waals surface area (Å²) < 4.78 is 13.7. The van der Waals surface area contributed by atoms with Gasteiger partial charge in [-0.15, -0.1) is 0 Å². The fourth-order valence-electron chi connectivity index (χ4n) is 3.32. The van der Waals surface area contributed by atoms with Crippen molar-refractivity contribution in [3.63, 3.8) is 0 Å². The molecular weight excluding hydrogens is 340 g/mol. The van der Waals surface area contributed by atoms with Crippen LogP contribution in [0.25, 0.3) is 6.08 Å². The minimum absolute atomic E-state index is 0.380. The number of nitrogens with zero attached hydrogens (tertiary/aromatic N) is 2. The predicted molar refractivity (Wildman–Crippen MR) is 106 cm³/mol. The Kier molecular flexibility index (Phi) is 4.90. The van der Waals surface area contributed by atoms with Gasteiger partial charge in [0.2, 0.25) is 0 Å². The zero-order valence-corrected chi connectivity index (χ0v) is 15.5. The van der Waals surface area contributed by atoms with Crippen LogP contribution in [0.4, 0.5) is 0 Å². The second-order valence-electron chi connectivity index (χ2n) is 6.60. The molecule has 0 bridgehead atoms. The van der Waals surface area contributed by atoms with Crippen LogP contribution >= 0.6 is 0 Å². The van der Waals surface area contributed by atoms with E-state index in [4.69, 9.17) is 15.2 Å².